The lowest BCUT2D eigenvalue weighted by Crippen LogP contribution is -2.50. The molecule has 3 aliphatic rings. The van der Waals surface area contributed by atoms with Crippen molar-refractivity contribution in [2.75, 3.05) is 33.9 Å². The molecule has 1 aromatic carbocycles. The fraction of sp³-hybridized carbons (Fsp3) is 0.625. The number of methoxy groups -OCH3 is 1. The van der Waals surface area contributed by atoms with Gasteiger partial charge in [0.2, 0.25) is 11.8 Å². The van der Waals surface area contributed by atoms with Crippen LogP contribution in [-0.4, -0.2) is 79.8 Å². The number of piperidine rings is 1. The summed E-state index contributed by atoms with van der Waals surface area (Å²) in [5, 5.41) is 5.88. The quantitative estimate of drug-likeness (QED) is 0.262. The SMILES string of the molecule is COc1ccc(C[C@H](CC(=O)[C@@H](C)NC(=O)[C@@H]2CCCN(C)C2)C(=O)N[C@@H](CC2=CCCC2)C(=O)[C@@]2(C)CO2)cc1. The number of ether oxygens (including phenoxy) is 2. The van der Waals surface area contributed by atoms with Crippen molar-refractivity contribution < 1.29 is 28.7 Å². The minimum absolute atomic E-state index is 0.0543. The highest BCUT2D eigenvalue weighted by Crippen LogP contribution is 2.31. The number of nitrogens with zero attached hydrogens (tertiary/aromatic N) is 1. The molecule has 0 aromatic heterocycles. The molecule has 0 unspecified atom stereocenters. The van der Waals surface area contributed by atoms with E-state index in [0.29, 0.717) is 31.7 Å². The fourth-order valence-corrected chi connectivity index (χ4v) is 5.82. The van der Waals surface area contributed by atoms with Gasteiger partial charge in [-0.05, 0) is 90.1 Å². The van der Waals surface area contributed by atoms with Crippen LogP contribution in [0.4, 0.5) is 0 Å². The highest BCUT2D eigenvalue weighted by molar-refractivity contribution is 5.98. The summed E-state index contributed by atoms with van der Waals surface area (Å²) in [6, 6.07) is 5.95. The number of benzene rings is 1. The van der Waals surface area contributed by atoms with Crippen LogP contribution >= 0.6 is 0 Å². The number of amides is 2. The Balaban J connectivity index is 1.46. The molecule has 2 heterocycles. The number of likely N-dealkylation sites (tertiary alicyclic amines) is 1. The second kappa shape index (κ2) is 13.7. The molecule has 41 heavy (non-hydrogen) atoms. The molecule has 224 valence electrons. The van der Waals surface area contributed by atoms with Crippen LogP contribution in [0.1, 0.15) is 64.4 Å². The lowest BCUT2D eigenvalue weighted by Gasteiger charge is -2.29. The topological polar surface area (TPSA) is 117 Å². The Bertz CT molecular complexity index is 1140. The number of epoxide rings is 1. The maximum atomic E-state index is 13.8. The number of ketones is 2. The van der Waals surface area contributed by atoms with E-state index in [-0.39, 0.29) is 35.7 Å². The minimum atomic E-state index is -0.871. The maximum Gasteiger partial charge on any atom is 0.224 e. The van der Waals surface area contributed by atoms with Crippen molar-refractivity contribution in [2.45, 2.75) is 82.9 Å². The van der Waals surface area contributed by atoms with E-state index in [1.807, 2.05) is 31.3 Å². The third kappa shape index (κ3) is 8.49. The first-order valence-corrected chi connectivity index (χ1v) is 14.9. The fourth-order valence-electron chi connectivity index (χ4n) is 5.82. The smallest absolute Gasteiger partial charge is 0.224 e. The number of carbonyl (C=O) groups is 4. The lowest BCUT2D eigenvalue weighted by molar-refractivity contribution is -0.135. The number of hydrogen-bond acceptors (Lipinski definition) is 7. The van der Waals surface area contributed by atoms with E-state index >= 15 is 0 Å². The largest absolute Gasteiger partial charge is 0.497 e. The Morgan fingerprint density at radius 3 is 2.46 bits per heavy atom. The highest BCUT2D eigenvalue weighted by Gasteiger charge is 2.50. The zero-order valence-corrected chi connectivity index (χ0v) is 24.9. The van der Waals surface area contributed by atoms with Gasteiger partial charge in [0.1, 0.15) is 11.4 Å². The zero-order valence-electron chi connectivity index (χ0n) is 24.9. The van der Waals surface area contributed by atoms with Crippen LogP contribution in [0.5, 0.6) is 5.75 Å². The Hall–Kier alpha value is -3.04. The van der Waals surface area contributed by atoms with E-state index in [2.05, 4.69) is 21.6 Å². The van der Waals surface area contributed by atoms with Gasteiger partial charge >= 0.3 is 0 Å². The lowest BCUT2D eigenvalue weighted by atomic mass is 9.89. The van der Waals surface area contributed by atoms with Crippen molar-refractivity contribution in [1.29, 1.82) is 0 Å². The third-order valence-electron chi connectivity index (χ3n) is 8.63. The molecule has 0 saturated carbocycles. The molecule has 2 amide bonds. The molecule has 2 aliphatic heterocycles. The first kappa shape index (κ1) is 30.9. The van der Waals surface area contributed by atoms with Crippen LogP contribution in [0.15, 0.2) is 35.9 Å². The van der Waals surface area contributed by atoms with Crippen LogP contribution < -0.4 is 15.4 Å². The Kier molecular flexibility index (Phi) is 10.4. The van der Waals surface area contributed by atoms with E-state index in [1.165, 1.54) is 5.57 Å². The molecule has 0 spiro atoms. The molecule has 4 rings (SSSR count). The number of allylic oxidation sites excluding steroid dienone is 1. The van der Waals surface area contributed by atoms with E-state index in [9.17, 15) is 19.2 Å². The van der Waals surface area contributed by atoms with Gasteiger partial charge in [0.05, 0.1) is 31.7 Å². The molecular formula is C32H45N3O6. The number of hydrogen-bond donors (Lipinski definition) is 2. The summed E-state index contributed by atoms with van der Waals surface area (Å²) in [5.74, 6) is -0.976. The van der Waals surface area contributed by atoms with Crippen LogP contribution in [0.3, 0.4) is 0 Å². The first-order chi connectivity index (χ1) is 19.6. The Morgan fingerprint density at radius 1 is 1.12 bits per heavy atom. The zero-order chi connectivity index (χ0) is 29.6. The summed E-state index contributed by atoms with van der Waals surface area (Å²) in [6.45, 7) is 5.42. The average molecular weight is 568 g/mol. The number of rotatable bonds is 14. The molecule has 5 atom stereocenters. The number of nitrogens with one attached hydrogen (secondary N) is 2. The molecule has 2 N–H and O–H groups in total. The van der Waals surface area contributed by atoms with Gasteiger partial charge in [0.25, 0.3) is 0 Å². The predicted octanol–water partition coefficient (Wildman–Crippen LogP) is 3.00. The van der Waals surface area contributed by atoms with Gasteiger partial charge < -0.3 is 25.0 Å². The van der Waals surface area contributed by atoms with Gasteiger partial charge in [-0.25, -0.2) is 0 Å². The normalized spacial score (nSPS) is 24.5. The molecule has 1 aliphatic carbocycles. The second-order valence-electron chi connectivity index (χ2n) is 12.2. The summed E-state index contributed by atoms with van der Waals surface area (Å²) < 4.78 is 10.7. The molecule has 9 heteroatoms. The Morgan fingerprint density at radius 2 is 1.85 bits per heavy atom. The van der Waals surface area contributed by atoms with Gasteiger partial charge in [-0.1, -0.05) is 23.8 Å². The van der Waals surface area contributed by atoms with E-state index in [1.54, 1.807) is 21.0 Å². The summed E-state index contributed by atoms with van der Waals surface area (Å²) in [5.41, 5.74) is 1.17. The summed E-state index contributed by atoms with van der Waals surface area (Å²) in [4.78, 5) is 55.5. The van der Waals surface area contributed by atoms with Crippen LogP contribution in [0.2, 0.25) is 0 Å². The Labute approximate surface area is 243 Å². The predicted molar refractivity (Wildman–Crippen MR) is 155 cm³/mol. The third-order valence-corrected chi connectivity index (χ3v) is 8.63. The van der Waals surface area contributed by atoms with Crippen molar-refractivity contribution in [3.05, 3.63) is 41.5 Å². The number of Topliss-reactive ketones (excluding diaryl/α,β-unsaturated/α-hetero) is 2. The standard InChI is InChI=1S/C32H45N3O6/c1-21(33-30(38)24-10-7-15-35(3)19-24)28(36)18-25(16-23-11-13-26(40-4)14-12-23)31(39)34-27(17-22-8-5-6-9-22)29(37)32(2)20-41-32/h8,11-14,21,24-25,27H,5-7,9-10,15-20H2,1-4H3,(H,33,38)(H,34,39)/t21-,24-,25-,27+,32-/m1/s1. The van der Waals surface area contributed by atoms with Crippen LogP contribution in [0, 0.1) is 11.8 Å². The molecular weight excluding hydrogens is 522 g/mol. The molecule has 9 nitrogen and oxygen atoms in total. The molecule has 2 saturated heterocycles. The van der Waals surface area contributed by atoms with Crippen molar-refractivity contribution in [3.63, 3.8) is 0 Å². The maximum absolute atomic E-state index is 13.8. The molecule has 0 bridgehead atoms. The van der Waals surface area contributed by atoms with Gasteiger partial charge in [-0.3, -0.25) is 19.2 Å². The van der Waals surface area contributed by atoms with Crippen molar-refractivity contribution in [1.82, 2.24) is 15.5 Å². The molecule has 0 radical (unpaired) electrons. The van der Waals surface area contributed by atoms with Gasteiger partial charge in [-0.15, -0.1) is 0 Å². The summed E-state index contributed by atoms with van der Waals surface area (Å²) in [7, 11) is 3.58. The summed E-state index contributed by atoms with van der Waals surface area (Å²) in [6.07, 6.45) is 7.55. The van der Waals surface area contributed by atoms with Crippen molar-refractivity contribution in [3.8, 4) is 5.75 Å². The van der Waals surface area contributed by atoms with Gasteiger partial charge in [0.15, 0.2) is 11.6 Å². The number of carbonyl (C=O) groups excluding carboxylic acids is 4. The first-order valence-electron chi connectivity index (χ1n) is 14.9. The van der Waals surface area contributed by atoms with Crippen molar-refractivity contribution in [2.24, 2.45) is 11.8 Å². The van der Waals surface area contributed by atoms with E-state index < -0.39 is 23.6 Å². The second-order valence-corrected chi connectivity index (χ2v) is 12.2. The van der Waals surface area contributed by atoms with Crippen LogP contribution in [-0.2, 0) is 30.3 Å². The average Bonchev–Trinajstić information content (AvgIpc) is 3.50. The van der Waals surface area contributed by atoms with Crippen molar-refractivity contribution >= 4 is 23.4 Å². The monoisotopic (exact) mass is 567 g/mol. The highest BCUT2D eigenvalue weighted by atomic mass is 16.6. The van der Waals surface area contributed by atoms with Crippen LogP contribution in [0.25, 0.3) is 0 Å². The van der Waals surface area contributed by atoms with Gasteiger partial charge in [0, 0.05) is 18.9 Å². The minimum Gasteiger partial charge on any atom is -0.497 e. The van der Waals surface area contributed by atoms with Gasteiger partial charge in [-0.2, -0.15) is 0 Å². The molecule has 2 fully saturated rings. The summed E-state index contributed by atoms with van der Waals surface area (Å²) >= 11 is 0. The molecule has 1 aromatic rings. The van der Waals surface area contributed by atoms with E-state index in [4.69, 9.17) is 9.47 Å². The van der Waals surface area contributed by atoms with E-state index in [0.717, 1.165) is 44.2 Å².